The topological polar surface area (TPSA) is 18.5 Å². The SMILES string of the molecule is C[B-]1(C(C)(C)C)OCCCO1. The highest BCUT2D eigenvalue weighted by molar-refractivity contribution is 6.69. The molecule has 0 spiro atoms. The van der Waals surface area contributed by atoms with E-state index >= 15 is 0 Å². The molecule has 0 bridgehead atoms. The Balaban J connectivity index is 2.64. The number of hydrogen-bond donors (Lipinski definition) is 0. The van der Waals surface area contributed by atoms with Gasteiger partial charge in [0.15, 0.2) is 0 Å². The maximum absolute atomic E-state index is 5.67. The van der Waals surface area contributed by atoms with Crippen LogP contribution in [0.5, 0.6) is 0 Å². The zero-order valence-electron chi connectivity index (χ0n) is 8.02. The third-order valence-electron chi connectivity index (χ3n) is 2.73. The second-order valence-electron chi connectivity index (χ2n) is 4.55. The van der Waals surface area contributed by atoms with Gasteiger partial charge in [0.25, 0.3) is 0 Å². The van der Waals surface area contributed by atoms with E-state index < -0.39 is 6.55 Å². The summed E-state index contributed by atoms with van der Waals surface area (Å²) in [5.74, 6) is 0. The molecule has 0 N–H and O–H groups in total. The molecule has 1 fully saturated rings. The van der Waals surface area contributed by atoms with E-state index in [-0.39, 0.29) is 5.31 Å². The van der Waals surface area contributed by atoms with Crippen molar-refractivity contribution in [3.63, 3.8) is 0 Å². The third kappa shape index (κ3) is 1.77. The molecule has 1 rings (SSSR count). The van der Waals surface area contributed by atoms with Crippen LogP contribution in [0.3, 0.4) is 0 Å². The molecule has 66 valence electrons. The fourth-order valence-corrected chi connectivity index (χ4v) is 1.22. The van der Waals surface area contributed by atoms with Gasteiger partial charge in [0.1, 0.15) is 0 Å². The lowest BCUT2D eigenvalue weighted by Gasteiger charge is -2.51. The zero-order chi connectivity index (χ0) is 8.54. The first-order valence-corrected chi connectivity index (χ1v) is 4.41. The predicted molar refractivity (Wildman–Crippen MR) is 47.9 cm³/mol. The Morgan fingerprint density at radius 2 is 1.55 bits per heavy atom. The van der Waals surface area contributed by atoms with Crippen LogP contribution in [0, 0.1) is 0 Å². The van der Waals surface area contributed by atoms with Crippen molar-refractivity contribution in [2.75, 3.05) is 13.2 Å². The molecule has 0 aromatic heterocycles. The van der Waals surface area contributed by atoms with Crippen molar-refractivity contribution < 1.29 is 9.31 Å². The van der Waals surface area contributed by atoms with Gasteiger partial charge in [0, 0.05) is 13.2 Å². The molecule has 0 unspecified atom stereocenters. The van der Waals surface area contributed by atoms with Crippen LogP contribution in [0.15, 0.2) is 0 Å². The van der Waals surface area contributed by atoms with Crippen LogP contribution in [0.2, 0.25) is 12.1 Å². The lowest BCUT2D eigenvalue weighted by Crippen LogP contribution is -2.50. The van der Waals surface area contributed by atoms with Crippen molar-refractivity contribution in [3.8, 4) is 0 Å². The summed E-state index contributed by atoms with van der Waals surface area (Å²) in [6.07, 6.45) is 1.04. The fraction of sp³-hybridized carbons (Fsp3) is 1.00. The number of rotatable bonds is 0. The summed E-state index contributed by atoms with van der Waals surface area (Å²) in [6, 6.07) is 0. The average molecular weight is 157 g/mol. The molecule has 0 aromatic rings. The van der Waals surface area contributed by atoms with E-state index in [2.05, 4.69) is 27.6 Å². The van der Waals surface area contributed by atoms with Gasteiger partial charge in [-0.15, -0.1) is 12.1 Å². The van der Waals surface area contributed by atoms with E-state index in [1.165, 1.54) is 0 Å². The minimum Gasteiger partial charge on any atom is -0.568 e. The van der Waals surface area contributed by atoms with Gasteiger partial charge in [-0.25, -0.2) is 0 Å². The molecule has 1 saturated heterocycles. The van der Waals surface area contributed by atoms with Gasteiger partial charge in [-0.2, -0.15) is 0 Å². The van der Waals surface area contributed by atoms with E-state index in [4.69, 9.17) is 9.31 Å². The molecule has 11 heavy (non-hydrogen) atoms. The first kappa shape index (κ1) is 9.08. The van der Waals surface area contributed by atoms with Gasteiger partial charge in [-0.1, -0.05) is 20.8 Å². The highest BCUT2D eigenvalue weighted by Gasteiger charge is 2.35. The Bertz CT molecular complexity index is 134. The lowest BCUT2D eigenvalue weighted by atomic mass is 9.41. The average Bonchev–Trinajstić information content (AvgIpc) is 1.87. The molecular formula is C8H18BO2-. The summed E-state index contributed by atoms with van der Waals surface area (Å²) in [6.45, 7) is 9.25. The summed E-state index contributed by atoms with van der Waals surface area (Å²) < 4.78 is 11.3. The lowest BCUT2D eigenvalue weighted by molar-refractivity contribution is 0.0972. The van der Waals surface area contributed by atoms with Gasteiger partial charge in [0.2, 0.25) is 6.55 Å². The van der Waals surface area contributed by atoms with Crippen molar-refractivity contribution in [3.05, 3.63) is 0 Å². The molecule has 0 amide bonds. The van der Waals surface area contributed by atoms with Crippen LogP contribution in [-0.4, -0.2) is 19.8 Å². The Kier molecular flexibility index (Phi) is 2.31. The summed E-state index contributed by atoms with van der Waals surface area (Å²) in [7, 11) is 0. The van der Waals surface area contributed by atoms with Gasteiger partial charge >= 0.3 is 0 Å². The van der Waals surface area contributed by atoms with Crippen molar-refractivity contribution >= 4 is 6.55 Å². The Labute approximate surface area is 69.2 Å². The van der Waals surface area contributed by atoms with Crippen LogP contribution in [0.25, 0.3) is 0 Å². The molecule has 0 atom stereocenters. The largest absolute Gasteiger partial charge is 0.568 e. The van der Waals surface area contributed by atoms with Crippen LogP contribution in [0.1, 0.15) is 27.2 Å². The summed E-state index contributed by atoms with van der Waals surface area (Å²) in [5, 5.41) is 0.125. The van der Waals surface area contributed by atoms with Crippen LogP contribution in [0.4, 0.5) is 0 Å². The van der Waals surface area contributed by atoms with E-state index in [0.29, 0.717) is 0 Å². The maximum Gasteiger partial charge on any atom is 0.242 e. The monoisotopic (exact) mass is 157 g/mol. The van der Waals surface area contributed by atoms with Gasteiger partial charge in [-0.05, 0) is 6.42 Å². The molecule has 2 nitrogen and oxygen atoms in total. The summed E-state index contributed by atoms with van der Waals surface area (Å²) >= 11 is 0. The quantitative estimate of drug-likeness (QED) is 0.502. The van der Waals surface area contributed by atoms with Gasteiger partial charge < -0.3 is 9.31 Å². The van der Waals surface area contributed by atoms with Gasteiger partial charge in [-0.3, -0.25) is 0 Å². The second-order valence-corrected chi connectivity index (χ2v) is 4.55. The predicted octanol–water partition coefficient (Wildman–Crippen LogP) is 2.30. The first-order valence-electron chi connectivity index (χ1n) is 4.41. The number of hydrogen-bond acceptors (Lipinski definition) is 2. The van der Waals surface area contributed by atoms with Crippen LogP contribution in [-0.2, 0) is 9.31 Å². The highest BCUT2D eigenvalue weighted by Crippen LogP contribution is 2.38. The summed E-state index contributed by atoms with van der Waals surface area (Å²) in [5.41, 5.74) is 0. The smallest absolute Gasteiger partial charge is 0.242 e. The molecule has 0 aliphatic carbocycles. The molecular weight excluding hydrogens is 139 g/mol. The normalized spacial score (nSPS) is 25.1. The fourth-order valence-electron chi connectivity index (χ4n) is 1.22. The molecule has 1 aliphatic rings. The van der Waals surface area contributed by atoms with Gasteiger partial charge in [0.05, 0.1) is 0 Å². The highest BCUT2D eigenvalue weighted by atomic mass is 16.6. The molecule has 1 aliphatic heterocycles. The zero-order valence-corrected chi connectivity index (χ0v) is 8.02. The van der Waals surface area contributed by atoms with Crippen molar-refractivity contribution in [1.29, 1.82) is 0 Å². The van der Waals surface area contributed by atoms with Crippen LogP contribution < -0.4 is 0 Å². The van der Waals surface area contributed by atoms with Crippen molar-refractivity contribution in [2.45, 2.75) is 39.3 Å². The summed E-state index contributed by atoms with van der Waals surface area (Å²) in [4.78, 5) is 0. The van der Waals surface area contributed by atoms with E-state index in [0.717, 1.165) is 19.6 Å². The van der Waals surface area contributed by atoms with E-state index in [9.17, 15) is 0 Å². The molecule has 0 saturated carbocycles. The Hall–Kier alpha value is -0.0151. The molecule has 0 radical (unpaired) electrons. The maximum atomic E-state index is 5.67. The van der Waals surface area contributed by atoms with Crippen LogP contribution >= 0.6 is 0 Å². The second kappa shape index (κ2) is 2.79. The standard InChI is InChI=1S/C8H18BO2/c1-8(2,3)9(4)10-6-5-7-11-9/h5-7H2,1-4H3/q-1. The minimum atomic E-state index is -1.04. The molecule has 0 aromatic carbocycles. The van der Waals surface area contributed by atoms with Crippen molar-refractivity contribution in [2.24, 2.45) is 0 Å². The minimum absolute atomic E-state index is 0.125. The Morgan fingerprint density at radius 1 is 1.09 bits per heavy atom. The third-order valence-corrected chi connectivity index (χ3v) is 2.73. The first-order chi connectivity index (χ1) is 4.96. The van der Waals surface area contributed by atoms with Crippen molar-refractivity contribution in [1.82, 2.24) is 0 Å². The Morgan fingerprint density at radius 3 is 1.82 bits per heavy atom. The molecule has 1 heterocycles. The van der Waals surface area contributed by atoms with E-state index in [1.807, 2.05) is 0 Å². The molecule has 3 heteroatoms. The van der Waals surface area contributed by atoms with E-state index in [1.54, 1.807) is 0 Å².